The molecule has 0 unspecified atom stereocenters. The molecular formula is C132H77N13O5. The van der Waals surface area contributed by atoms with Crippen LogP contribution in [-0.4, -0.2) is 62.7 Å². The topological polar surface area (TPSA) is 193 Å². The van der Waals surface area contributed by atoms with Crippen molar-refractivity contribution in [3.8, 4) is 28.6 Å². The minimum Gasteiger partial charge on any atom is -0.455 e. The second kappa shape index (κ2) is 33.4. The van der Waals surface area contributed by atoms with Gasteiger partial charge in [-0.15, -0.1) is 0 Å². The van der Waals surface area contributed by atoms with E-state index in [0.717, 1.165) is 286 Å². The maximum absolute atomic E-state index is 6.43. The Hall–Kier alpha value is -20.8. The summed E-state index contributed by atoms with van der Waals surface area (Å²) in [6, 6.07) is 139. The van der Waals surface area contributed by atoms with Gasteiger partial charge in [-0.3, -0.25) is 39.0 Å². The zero-order valence-corrected chi connectivity index (χ0v) is 79.8. The first kappa shape index (κ1) is 83.8. The summed E-state index contributed by atoms with van der Waals surface area (Å²) >= 11 is 0. The molecule has 18 heterocycles. The third-order valence-corrected chi connectivity index (χ3v) is 29.7. The van der Waals surface area contributed by atoms with Crippen LogP contribution in [-0.2, 0) is 0 Å². The van der Waals surface area contributed by atoms with Gasteiger partial charge in [0.1, 0.15) is 67.3 Å². The lowest BCUT2D eigenvalue weighted by Crippen LogP contribution is -1.96. The highest BCUT2D eigenvalue weighted by Gasteiger charge is 2.31. The van der Waals surface area contributed by atoms with Gasteiger partial charge in [-0.2, -0.15) is 0 Å². The molecule has 0 amide bonds. The van der Waals surface area contributed by atoms with Crippen LogP contribution in [0.5, 0.6) is 0 Å². The van der Waals surface area contributed by atoms with Crippen molar-refractivity contribution < 1.29 is 22.1 Å². The molecule has 0 radical (unpaired) electrons. The van der Waals surface area contributed by atoms with E-state index < -0.39 is 0 Å². The largest absolute Gasteiger partial charge is 0.455 e. The molecule has 17 aromatic carbocycles. The Kier molecular flexibility index (Phi) is 18.7. The standard InChI is InChI=1S/2C27H16N2O.3C26H15N3O/c1-2-9-17(10-3-1)29-21-14-8-16-28-25(21)23-18-11-4-5-12-19(18)27-24(26(23)29)20-13-6-7-15-22(20)30-27;1-2-9-17(10-3-1)29-25-23(21-14-8-16-28-27(21)29)18-11-4-5-12-19(18)26-24(25)20-13-6-7-15-22(20)30-26;1-2-9-18-17(8-1)22-24-20(11-6-14-28-24)29(16-7-5-13-27-15-16)25(22)23-19-10-3-4-12-21(19)30-26(18)23;1-2-9-17-16(8-1)22-24-19(11-7-15-28-24)29(21-13-5-6-14-27-21)25(22)23-18-10-3-4-12-20(18)30-26(17)23;1-2-7-18-17(6-1)22-24-20(9-5-13-28-24)29(16-11-14-27-15-12-16)25(22)23-19-8-3-4-10-21(19)30-26(18)23/h2*1-16H;3*1-15H. The van der Waals surface area contributed by atoms with Gasteiger partial charge in [0.25, 0.3) is 0 Å². The molecule has 18 aromatic heterocycles. The molecule has 0 atom stereocenters. The Balaban J connectivity index is 0.0000000844. The van der Waals surface area contributed by atoms with Gasteiger partial charge in [0, 0.05) is 159 Å². The molecule has 0 aliphatic heterocycles. The fourth-order valence-corrected chi connectivity index (χ4v) is 23.8. The van der Waals surface area contributed by atoms with E-state index in [-0.39, 0.29) is 0 Å². The lowest BCUT2D eigenvalue weighted by atomic mass is 10.00. The molecule has 35 rings (SSSR count). The van der Waals surface area contributed by atoms with Crippen molar-refractivity contribution in [3.63, 3.8) is 0 Å². The summed E-state index contributed by atoms with van der Waals surface area (Å²) < 4.78 is 43.5. The van der Waals surface area contributed by atoms with Crippen LogP contribution in [0.25, 0.3) is 302 Å². The Morgan fingerprint density at radius 2 is 0.413 bits per heavy atom. The maximum Gasteiger partial charge on any atom is 0.145 e. The molecule has 0 aliphatic carbocycles. The van der Waals surface area contributed by atoms with Gasteiger partial charge in [-0.25, -0.2) is 9.97 Å². The Morgan fingerprint density at radius 1 is 0.153 bits per heavy atom. The number of furan rings is 5. The van der Waals surface area contributed by atoms with E-state index in [2.05, 4.69) is 305 Å². The summed E-state index contributed by atoms with van der Waals surface area (Å²) in [5.41, 5.74) is 28.1. The summed E-state index contributed by atoms with van der Waals surface area (Å²) in [4.78, 5) is 37.3. The van der Waals surface area contributed by atoms with Gasteiger partial charge in [-0.05, 0) is 179 Å². The molecular weight excluding hydrogens is 1850 g/mol. The van der Waals surface area contributed by atoms with Gasteiger partial charge in [0.15, 0.2) is 0 Å². The summed E-state index contributed by atoms with van der Waals surface area (Å²) in [5, 5.41) is 29.5. The molecule has 18 heteroatoms. The van der Waals surface area contributed by atoms with Crippen molar-refractivity contribution in [1.82, 2.24) is 62.7 Å². The highest BCUT2D eigenvalue weighted by atomic mass is 16.3. The number of hydrogen-bond acceptors (Lipinski definition) is 13. The first-order valence-electron chi connectivity index (χ1n) is 50.0. The minimum atomic E-state index is 0.868. The molecule has 0 N–H and O–H groups in total. The van der Waals surface area contributed by atoms with Crippen LogP contribution in [0.3, 0.4) is 0 Å². The molecule has 0 fully saturated rings. The molecule has 0 spiro atoms. The fraction of sp³-hybridized carbons (Fsp3) is 0. The number of hydrogen-bond donors (Lipinski definition) is 0. The van der Waals surface area contributed by atoms with Crippen LogP contribution in [0, 0.1) is 0 Å². The van der Waals surface area contributed by atoms with Crippen LogP contribution in [0.2, 0.25) is 0 Å². The normalized spacial score (nSPS) is 12.0. The number of fused-ring (bicyclic) bond motifs is 50. The Morgan fingerprint density at radius 3 is 0.767 bits per heavy atom. The monoisotopic (exact) mass is 1920 g/mol. The SMILES string of the molecule is c1ccc(-n2c3cccnc3c3c4ccccc4c4oc5ccccc5c4c32)cc1.c1ccc(-n2c3cccnc3c3c4ccccc4c4oc5ccccc5c4c32)nc1.c1ccc(-n2c3ncccc3c3c4ccccc4c4oc5ccccc5c4c32)cc1.c1ccc2c(c1)oc1c3ccccc3c3c4ncccc4n(-c4ccncc4)c3c21.c1cncc(-n2c3cccnc3c3c4ccccc4c4oc5ccccc5c4c32)c1. The minimum absolute atomic E-state index is 0.868. The summed E-state index contributed by atoms with van der Waals surface area (Å²) in [6.45, 7) is 0. The van der Waals surface area contributed by atoms with Crippen molar-refractivity contribution in [2.75, 3.05) is 0 Å². The second-order valence-electron chi connectivity index (χ2n) is 37.7. The van der Waals surface area contributed by atoms with Crippen molar-refractivity contribution in [2.24, 2.45) is 0 Å². The van der Waals surface area contributed by atoms with E-state index in [9.17, 15) is 0 Å². The van der Waals surface area contributed by atoms with Crippen LogP contribution < -0.4 is 0 Å². The first-order valence-corrected chi connectivity index (χ1v) is 50.0. The number of pyridine rings is 8. The molecule has 0 saturated heterocycles. The lowest BCUT2D eigenvalue weighted by Gasteiger charge is -2.09. The molecule has 35 aromatic rings. The quantitative estimate of drug-likeness (QED) is 0.158. The van der Waals surface area contributed by atoms with Crippen molar-refractivity contribution in [2.45, 2.75) is 0 Å². The summed E-state index contributed by atoms with van der Waals surface area (Å²) in [7, 11) is 0. The lowest BCUT2D eigenvalue weighted by molar-refractivity contribution is 0.672. The molecule has 0 saturated carbocycles. The van der Waals surface area contributed by atoms with E-state index in [1.807, 2.05) is 195 Å². The van der Waals surface area contributed by atoms with Crippen molar-refractivity contribution in [1.29, 1.82) is 0 Å². The molecule has 0 aliphatic rings. The highest BCUT2D eigenvalue weighted by Crippen LogP contribution is 2.53. The van der Waals surface area contributed by atoms with Gasteiger partial charge in [-0.1, -0.05) is 255 Å². The zero-order chi connectivity index (χ0) is 98.3. The van der Waals surface area contributed by atoms with Gasteiger partial charge >= 0.3 is 0 Å². The number of rotatable bonds is 5. The smallest absolute Gasteiger partial charge is 0.145 e. The average molecular weight is 1930 g/mol. The Bertz CT molecular complexity index is 10200. The van der Waals surface area contributed by atoms with E-state index >= 15 is 0 Å². The Labute approximate surface area is 849 Å². The van der Waals surface area contributed by atoms with Crippen LogP contribution in [0.1, 0.15) is 0 Å². The summed E-state index contributed by atoms with van der Waals surface area (Å²) in [6.07, 6.45) is 18.5. The predicted molar refractivity (Wildman–Crippen MR) is 610 cm³/mol. The fourth-order valence-electron chi connectivity index (χ4n) is 23.8. The third-order valence-electron chi connectivity index (χ3n) is 29.7. The van der Waals surface area contributed by atoms with Crippen molar-refractivity contribution in [3.05, 3.63) is 468 Å². The number of aromatic nitrogens is 13. The highest BCUT2D eigenvalue weighted by molar-refractivity contribution is 6.41. The molecule has 0 bridgehead atoms. The van der Waals surface area contributed by atoms with E-state index in [1.165, 1.54) is 16.2 Å². The zero-order valence-electron chi connectivity index (χ0n) is 79.8. The average Bonchev–Trinajstić information content (AvgIpc) is 1.56. The molecule has 150 heavy (non-hydrogen) atoms. The van der Waals surface area contributed by atoms with Crippen LogP contribution in [0.4, 0.5) is 0 Å². The van der Waals surface area contributed by atoms with E-state index in [0.29, 0.717) is 0 Å². The van der Waals surface area contributed by atoms with E-state index in [4.69, 9.17) is 47.0 Å². The maximum atomic E-state index is 6.43. The molecule has 18 nitrogen and oxygen atoms in total. The summed E-state index contributed by atoms with van der Waals surface area (Å²) in [5.74, 6) is 0.868. The van der Waals surface area contributed by atoms with Crippen molar-refractivity contribution >= 4 is 273 Å². The number of para-hydroxylation sites is 7. The van der Waals surface area contributed by atoms with E-state index in [1.54, 1.807) is 6.20 Å². The van der Waals surface area contributed by atoms with Crippen LogP contribution >= 0.6 is 0 Å². The first-order chi connectivity index (χ1) is 74.6. The van der Waals surface area contributed by atoms with Gasteiger partial charge < -0.3 is 35.8 Å². The molecule has 700 valence electrons. The van der Waals surface area contributed by atoms with Gasteiger partial charge in [0.2, 0.25) is 0 Å². The second-order valence-corrected chi connectivity index (χ2v) is 37.7. The van der Waals surface area contributed by atoms with Crippen LogP contribution in [0.15, 0.2) is 491 Å². The van der Waals surface area contributed by atoms with Gasteiger partial charge in [0.05, 0.1) is 111 Å². The third kappa shape index (κ3) is 12.4. The predicted octanol–water partition coefficient (Wildman–Crippen LogP) is 34.3. The number of benzene rings is 17. The number of nitrogens with zero attached hydrogens (tertiary/aromatic N) is 13.